The zero-order valence-corrected chi connectivity index (χ0v) is 15.6. The molecular weight excluding hydrogens is 372 g/mol. The second-order valence-electron chi connectivity index (χ2n) is 5.66. The summed E-state index contributed by atoms with van der Waals surface area (Å²) in [6.45, 7) is 2.04. The molecule has 3 aromatic heterocycles. The number of nitrogens with zero attached hydrogens (tertiary/aromatic N) is 1. The van der Waals surface area contributed by atoms with Crippen molar-refractivity contribution in [2.24, 2.45) is 0 Å². The molecule has 3 heterocycles. The van der Waals surface area contributed by atoms with Crippen molar-refractivity contribution >= 4 is 55.6 Å². The number of aryl methyl sites for hydroxylation is 1. The van der Waals surface area contributed by atoms with Gasteiger partial charge in [-0.05, 0) is 41.0 Å². The summed E-state index contributed by atoms with van der Waals surface area (Å²) < 4.78 is 0. The van der Waals surface area contributed by atoms with Gasteiger partial charge in [-0.1, -0.05) is 41.4 Å². The van der Waals surface area contributed by atoms with E-state index < -0.39 is 0 Å². The van der Waals surface area contributed by atoms with Crippen molar-refractivity contribution in [1.29, 1.82) is 0 Å². The van der Waals surface area contributed by atoms with Crippen LogP contribution in [0.4, 0.5) is 0 Å². The van der Waals surface area contributed by atoms with Crippen LogP contribution in [-0.4, -0.2) is 9.97 Å². The molecule has 0 saturated heterocycles. The average Bonchev–Trinajstić information content (AvgIpc) is 3.25. The van der Waals surface area contributed by atoms with E-state index >= 15 is 0 Å². The number of hydrogen-bond acceptors (Lipinski definition) is 4. The van der Waals surface area contributed by atoms with Crippen LogP contribution >= 0.6 is 34.3 Å². The maximum absolute atomic E-state index is 12.7. The molecule has 1 aromatic carbocycles. The van der Waals surface area contributed by atoms with Gasteiger partial charge in [0.1, 0.15) is 4.83 Å². The molecule has 0 aliphatic rings. The minimum absolute atomic E-state index is 0.173. The van der Waals surface area contributed by atoms with Crippen molar-refractivity contribution in [3.05, 3.63) is 73.8 Å². The Kier molecular flexibility index (Phi) is 4.29. The van der Waals surface area contributed by atoms with Crippen molar-refractivity contribution < 1.29 is 0 Å². The Morgan fingerprint density at radius 3 is 2.72 bits per heavy atom. The van der Waals surface area contributed by atoms with Gasteiger partial charge in [0.25, 0.3) is 5.56 Å². The zero-order valence-electron chi connectivity index (χ0n) is 13.2. The number of rotatable bonds is 3. The fourth-order valence-corrected chi connectivity index (χ4v) is 4.36. The first-order valence-electron chi connectivity index (χ1n) is 7.60. The number of thiophene rings is 2. The second-order valence-corrected chi connectivity index (χ2v) is 7.70. The highest BCUT2D eigenvalue weighted by Gasteiger charge is 2.14. The van der Waals surface area contributed by atoms with Crippen molar-refractivity contribution in [2.75, 3.05) is 0 Å². The SMILES string of the molecule is Cc1ccc(-c2csc3nc(/C(Cl)=C/c4ccsc4)[nH]c(=O)c23)cc1. The summed E-state index contributed by atoms with van der Waals surface area (Å²) >= 11 is 9.39. The van der Waals surface area contributed by atoms with Crippen LogP contribution in [0.25, 0.3) is 32.5 Å². The predicted molar refractivity (Wildman–Crippen MR) is 108 cm³/mol. The lowest BCUT2D eigenvalue weighted by molar-refractivity contribution is 1.14. The van der Waals surface area contributed by atoms with Gasteiger partial charge < -0.3 is 4.98 Å². The highest BCUT2D eigenvalue weighted by molar-refractivity contribution is 7.17. The van der Waals surface area contributed by atoms with Gasteiger partial charge in [-0.2, -0.15) is 11.3 Å². The van der Waals surface area contributed by atoms with Crippen LogP contribution < -0.4 is 5.56 Å². The van der Waals surface area contributed by atoms with E-state index in [1.807, 2.05) is 53.4 Å². The first kappa shape index (κ1) is 16.3. The largest absolute Gasteiger partial charge is 0.305 e. The Hall–Kier alpha value is -2.21. The summed E-state index contributed by atoms with van der Waals surface area (Å²) in [6, 6.07) is 10.1. The number of H-pyrrole nitrogens is 1. The summed E-state index contributed by atoms with van der Waals surface area (Å²) in [6.07, 6.45) is 1.80. The molecule has 0 aliphatic heterocycles. The summed E-state index contributed by atoms with van der Waals surface area (Å²) in [5, 5.41) is 6.96. The van der Waals surface area contributed by atoms with E-state index in [0.717, 1.165) is 16.7 Å². The molecule has 0 saturated carbocycles. The van der Waals surface area contributed by atoms with Crippen molar-refractivity contribution in [3.8, 4) is 11.1 Å². The minimum atomic E-state index is -0.173. The molecule has 6 heteroatoms. The van der Waals surface area contributed by atoms with Crippen molar-refractivity contribution in [1.82, 2.24) is 9.97 Å². The van der Waals surface area contributed by atoms with Crippen molar-refractivity contribution in [3.63, 3.8) is 0 Å². The summed E-state index contributed by atoms with van der Waals surface area (Å²) in [4.78, 5) is 20.7. The number of benzene rings is 1. The zero-order chi connectivity index (χ0) is 17.4. The third-order valence-electron chi connectivity index (χ3n) is 3.87. The molecule has 0 amide bonds. The van der Waals surface area contributed by atoms with E-state index in [2.05, 4.69) is 9.97 Å². The Morgan fingerprint density at radius 2 is 2.00 bits per heavy atom. The van der Waals surface area contributed by atoms with Gasteiger partial charge >= 0.3 is 0 Å². The molecule has 4 rings (SSSR count). The summed E-state index contributed by atoms with van der Waals surface area (Å²) in [5.41, 5.74) is 3.91. The van der Waals surface area contributed by atoms with Crippen LogP contribution in [0, 0.1) is 6.92 Å². The molecule has 3 nitrogen and oxygen atoms in total. The van der Waals surface area contributed by atoms with Crippen LogP contribution in [0.1, 0.15) is 17.0 Å². The monoisotopic (exact) mass is 384 g/mol. The first-order valence-corrected chi connectivity index (χ1v) is 9.80. The van der Waals surface area contributed by atoms with E-state index in [4.69, 9.17) is 11.6 Å². The molecule has 25 heavy (non-hydrogen) atoms. The van der Waals surface area contributed by atoms with E-state index in [-0.39, 0.29) is 5.56 Å². The Balaban J connectivity index is 1.82. The lowest BCUT2D eigenvalue weighted by Gasteiger charge is -2.02. The van der Waals surface area contributed by atoms with Crippen molar-refractivity contribution in [2.45, 2.75) is 6.92 Å². The third kappa shape index (κ3) is 3.18. The maximum Gasteiger partial charge on any atom is 0.260 e. The van der Waals surface area contributed by atoms with Crippen LogP contribution in [0.3, 0.4) is 0 Å². The maximum atomic E-state index is 12.7. The molecule has 4 aromatic rings. The number of aromatic nitrogens is 2. The van der Waals surface area contributed by atoms with Gasteiger partial charge in [0.05, 0.1) is 10.4 Å². The molecule has 0 aliphatic carbocycles. The number of nitrogens with one attached hydrogen (secondary N) is 1. The number of hydrogen-bond donors (Lipinski definition) is 1. The average molecular weight is 385 g/mol. The van der Waals surface area contributed by atoms with Gasteiger partial charge in [0.15, 0.2) is 5.82 Å². The summed E-state index contributed by atoms with van der Waals surface area (Å²) in [7, 11) is 0. The summed E-state index contributed by atoms with van der Waals surface area (Å²) in [5.74, 6) is 0.391. The predicted octanol–water partition coefficient (Wildman–Crippen LogP) is 5.76. The van der Waals surface area contributed by atoms with Crippen LogP contribution in [-0.2, 0) is 0 Å². The van der Waals surface area contributed by atoms with Gasteiger partial charge in [0, 0.05) is 10.9 Å². The van der Waals surface area contributed by atoms with E-state index in [0.29, 0.717) is 21.1 Å². The van der Waals surface area contributed by atoms with Crippen LogP contribution in [0.2, 0.25) is 0 Å². The smallest absolute Gasteiger partial charge is 0.260 e. The molecule has 0 unspecified atom stereocenters. The minimum Gasteiger partial charge on any atom is -0.305 e. The van der Waals surface area contributed by atoms with E-state index in [1.54, 1.807) is 17.4 Å². The topological polar surface area (TPSA) is 45.8 Å². The Morgan fingerprint density at radius 1 is 1.20 bits per heavy atom. The molecule has 0 spiro atoms. The normalized spacial score (nSPS) is 12.0. The molecule has 0 bridgehead atoms. The molecule has 0 fully saturated rings. The molecule has 1 N–H and O–H groups in total. The molecular formula is C19H13ClN2OS2. The van der Waals surface area contributed by atoms with E-state index in [9.17, 15) is 4.79 Å². The van der Waals surface area contributed by atoms with Gasteiger partial charge in [0.2, 0.25) is 0 Å². The number of fused-ring (bicyclic) bond motifs is 1. The quantitative estimate of drug-likeness (QED) is 0.488. The standard InChI is InChI=1S/C19H13ClN2OS2/c1-11-2-4-13(5-3-11)14-10-25-19-16(14)18(23)21-17(22-19)15(20)8-12-6-7-24-9-12/h2-10H,1H3,(H,21,22,23)/b15-8-. The first-order chi connectivity index (χ1) is 12.1. The highest BCUT2D eigenvalue weighted by Crippen LogP contribution is 2.31. The van der Waals surface area contributed by atoms with Gasteiger partial charge in [-0.25, -0.2) is 4.98 Å². The molecule has 124 valence electrons. The van der Waals surface area contributed by atoms with Gasteiger partial charge in [-0.3, -0.25) is 4.79 Å². The van der Waals surface area contributed by atoms with E-state index in [1.165, 1.54) is 16.9 Å². The highest BCUT2D eigenvalue weighted by atomic mass is 35.5. The third-order valence-corrected chi connectivity index (χ3v) is 5.73. The number of halogens is 1. The van der Waals surface area contributed by atoms with Crippen LogP contribution in [0.15, 0.2) is 51.3 Å². The fraction of sp³-hybridized carbons (Fsp3) is 0.0526. The lowest BCUT2D eigenvalue weighted by Crippen LogP contribution is -2.10. The Labute approximate surface area is 157 Å². The van der Waals surface area contributed by atoms with Crippen LogP contribution in [0.5, 0.6) is 0 Å². The molecule has 0 atom stereocenters. The number of aromatic amines is 1. The second kappa shape index (κ2) is 6.59. The fourth-order valence-electron chi connectivity index (χ4n) is 2.58. The van der Waals surface area contributed by atoms with Gasteiger partial charge in [-0.15, -0.1) is 11.3 Å². The lowest BCUT2D eigenvalue weighted by atomic mass is 10.1. The Bertz CT molecular complexity index is 1120. The molecule has 0 radical (unpaired) electrons.